The number of amides is 1. The van der Waals surface area contributed by atoms with Gasteiger partial charge in [-0.25, -0.2) is 8.42 Å². The predicted octanol–water partition coefficient (Wildman–Crippen LogP) is -1.04. The first-order valence-electron chi connectivity index (χ1n) is 6.21. The van der Waals surface area contributed by atoms with Gasteiger partial charge in [-0.1, -0.05) is 0 Å². The van der Waals surface area contributed by atoms with Crippen LogP contribution in [0.3, 0.4) is 0 Å². The Kier molecular flexibility index (Phi) is 5.12. The minimum Gasteiger partial charge on any atom is -0.368 e. The van der Waals surface area contributed by atoms with E-state index in [2.05, 4.69) is 10.2 Å². The summed E-state index contributed by atoms with van der Waals surface area (Å²) in [5.74, 6) is 0.129. The van der Waals surface area contributed by atoms with Crippen molar-refractivity contribution in [2.75, 3.05) is 38.2 Å². The van der Waals surface area contributed by atoms with Crippen molar-refractivity contribution >= 4 is 15.7 Å². The van der Waals surface area contributed by atoms with Gasteiger partial charge in [-0.2, -0.15) is 0 Å². The molecule has 1 unspecified atom stereocenters. The van der Waals surface area contributed by atoms with Crippen LogP contribution < -0.4 is 11.1 Å². The summed E-state index contributed by atoms with van der Waals surface area (Å²) in [5, 5.41) is 2.94. The zero-order chi connectivity index (χ0) is 13.8. The molecule has 1 saturated heterocycles. The van der Waals surface area contributed by atoms with Crippen molar-refractivity contribution in [3.63, 3.8) is 0 Å². The minimum absolute atomic E-state index is 0.242. The van der Waals surface area contributed by atoms with Crippen LogP contribution in [0.25, 0.3) is 0 Å². The molecule has 1 amide bonds. The highest BCUT2D eigenvalue weighted by Gasteiger charge is 2.29. The van der Waals surface area contributed by atoms with Crippen molar-refractivity contribution in [2.45, 2.75) is 25.3 Å². The molecular formula is C11H23N3O3S. The van der Waals surface area contributed by atoms with Gasteiger partial charge in [0.2, 0.25) is 5.91 Å². The first kappa shape index (κ1) is 15.4. The third kappa shape index (κ3) is 4.22. The lowest BCUT2D eigenvalue weighted by Crippen LogP contribution is -2.52. The molecule has 0 aromatic carbocycles. The molecule has 0 aliphatic carbocycles. The molecule has 6 nitrogen and oxygen atoms in total. The van der Waals surface area contributed by atoms with Crippen molar-refractivity contribution in [1.82, 2.24) is 10.2 Å². The van der Waals surface area contributed by atoms with Crippen molar-refractivity contribution in [3.8, 4) is 0 Å². The second-order valence-electron chi connectivity index (χ2n) is 5.04. The molecule has 1 aliphatic heterocycles. The van der Waals surface area contributed by atoms with Gasteiger partial charge >= 0.3 is 0 Å². The molecule has 1 aliphatic rings. The Bertz CT molecular complexity index is 382. The fraction of sp³-hybridized carbons (Fsp3) is 0.909. The second-order valence-corrected chi connectivity index (χ2v) is 7.35. The van der Waals surface area contributed by atoms with Crippen LogP contribution in [0.1, 0.15) is 19.8 Å². The lowest BCUT2D eigenvalue weighted by Gasteiger charge is -2.29. The SMILES string of the molecule is CNC(C)(CCCN1CCS(=O)(=O)CC1)C(N)=O. The first-order valence-corrected chi connectivity index (χ1v) is 8.03. The number of sulfone groups is 1. The van der Waals surface area contributed by atoms with E-state index in [1.165, 1.54) is 0 Å². The molecule has 18 heavy (non-hydrogen) atoms. The Morgan fingerprint density at radius 3 is 2.39 bits per heavy atom. The van der Waals surface area contributed by atoms with Crippen LogP contribution in [-0.2, 0) is 14.6 Å². The summed E-state index contributed by atoms with van der Waals surface area (Å²) < 4.78 is 22.5. The number of hydrogen-bond donors (Lipinski definition) is 2. The first-order chi connectivity index (χ1) is 8.29. The summed E-state index contributed by atoms with van der Waals surface area (Å²) in [6.07, 6.45) is 1.47. The highest BCUT2D eigenvalue weighted by Crippen LogP contribution is 2.13. The van der Waals surface area contributed by atoms with Crippen LogP contribution in [0, 0.1) is 0 Å². The number of nitrogens with one attached hydrogen (secondary N) is 1. The van der Waals surface area contributed by atoms with Crippen molar-refractivity contribution in [2.24, 2.45) is 5.73 Å². The average Bonchev–Trinajstić information content (AvgIpc) is 2.31. The van der Waals surface area contributed by atoms with Gasteiger partial charge < -0.3 is 16.0 Å². The van der Waals surface area contributed by atoms with Gasteiger partial charge in [-0.05, 0) is 33.4 Å². The lowest BCUT2D eigenvalue weighted by atomic mass is 9.95. The largest absolute Gasteiger partial charge is 0.368 e. The third-order valence-electron chi connectivity index (χ3n) is 3.68. The summed E-state index contributed by atoms with van der Waals surface area (Å²) in [6.45, 7) is 3.78. The average molecular weight is 277 g/mol. The summed E-state index contributed by atoms with van der Waals surface area (Å²) in [4.78, 5) is 13.4. The fourth-order valence-corrected chi connectivity index (χ4v) is 3.28. The topological polar surface area (TPSA) is 92.5 Å². The van der Waals surface area contributed by atoms with Gasteiger partial charge in [-0.3, -0.25) is 4.79 Å². The molecule has 1 rings (SSSR count). The summed E-state index contributed by atoms with van der Waals surface area (Å²) in [6, 6.07) is 0. The molecule has 1 fully saturated rings. The van der Waals surface area contributed by atoms with E-state index in [1.807, 2.05) is 0 Å². The van der Waals surface area contributed by atoms with E-state index >= 15 is 0 Å². The number of rotatable bonds is 6. The number of primary amides is 1. The molecule has 1 heterocycles. The number of nitrogens with zero attached hydrogens (tertiary/aromatic N) is 1. The second kappa shape index (κ2) is 5.99. The highest BCUT2D eigenvalue weighted by atomic mass is 32.2. The smallest absolute Gasteiger partial charge is 0.237 e. The summed E-state index contributed by atoms with van der Waals surface area (Å²) in [5.41, 5.74) is 4.66. The summed E-state index contributed by atoms with van der Waals surface area (Å²) in [7, 11) is -1.09. The van der Waals surface area contributed by atoms with Crippen LogP contribution in [-0.4, -0.2) is 63.0 Å². The molecule has 0 aromatic heterocycles. The highest BCUT2D eigenvalue weighted by molar-refractivity contribution is 7.91. The number of likely N-dealkylation sites (N-methyl/N-ethyl adjacent to an activating group) is 1. The molecule has 3 N–H and O–H groups in total. The van der Waals surface area contributed by atoms with E-state index in [-0.39, 0.29) is 17.4 Å². The maximum absolute atomic E-state index is 11.3. The van der Waals surface area contributed by atoms with Crippen LogP contribution in [0.5, 0.6) is 0 Å². The number of hydrogen-bond acceptors (Lipinski definition) is 5. The van der Waals surface area contributed by atoms with Crippen LogP contribution in [0.4, 0.5) is 0 Å². The number of carbonyl (C=O) groups is 1. The van der Waals surface area contributed by atoms with Gasteiger partial charge in [0.1, 0.15) is 0 Å². The zero-order valence-corrected chi connectivity index (χ0v) is 11.9. The van der Waals surface area contributed by atoms with E-state index in [1.54, 1.807) is 14.0 Å². The predicted molar refractivity (Wildman–Crippen MR) is 71.0 cm³/mol. The Hall–Kier alpha value is -0.660. The van der Waals surface area contributed by atoms with Crippen molar-refractivity contribution in [1.29, 1.82) is 0 Å². The van der Waals surface area contributed by atoms with E-state index in [9.17, 15) is 13.2 Å². The Morgan fingerprint density at radius 1 is 1.39 bits per heavy atom. The number of carbonyl (C=O) groups excluding carboxylic acids is 1. The van der Waals surface area contributed by atoms with Gasteiger partial charge in [0, 0.05) is 13.1 Å². The van der Waals surface area contributed by atoms with Gasteiger partial charge in [-0.15, -0.1) is 0 Å². The standard InChI is InChI=1S/C11H23N3O3S/c1-11(13-2,10(12)15)4-3-5-14-6-8-18(16,17)9-7-14/h13H,3-9H2,1-2H3,(H2,12,15). The zero-order valence-electron chi connectivity index (χ0n) is 11.1. The molecule has 106 valence electrons. The van der Waals surface area contributed by atoms with Gasteiger partial charge in [0.15, 0.2) is 9.84 Å². The fourth-order valence-electron chi connectivity index (χ4n) is 2.00. The third-order valence-corrected chi connectivity index (χ3v) is 5.29. The summed E-state index contributed by atoms with van der Waals surface area (Å²) >= 11 is 0. The monoisotopic (exact) mass is 277 g/mol. The lowest BCUT2D eigenvalue weighted by molar-refractivity contribution is -0.123. The van der Waals surface area contributed by atoms with E-state index < -0.39 is 15.4 Å². The number of nitrogens with two attached hydrogens (primary N) is 1. The van der Waals surface area contributed by atoms with Crippen molar-refractivity contribution < 1.29 is 13.2 Å². The Labute approximate surface area is 109 Å². The molecule has 0 radical (unpaired) electrons. The Balaban J connectivity index is 2.33. The molecule has 0 spiro atoms. The van der Waals surface area contributed by atoms with E-state index in [0.29, 0.717) is 19.5 Å². The van der Waals surface area contributed by atoms with Crippen LogP contribution in [0.15, 0.2) is 0 Å². The maximum atomic E-state index is 11.3. The molecule has 0 aromatic rings. The van der Waals surface area contributed by atoms with E-state index in [4.69, 9.17) is 5.73 Å². The molecule has 7 heteroatoms. The van der Waals surface area contributed by atoms with Gasteiger partial charge in [0.05, 0.1) is 17.0 Å². The Morgan fingerprint density at radius 2 is 1.94 bits per heavy atom. The van der Waals surface area contributed by atoms with Crippen LogP contribution in [0.2, 0.25) is 0 Å². The molecule has 0 saturated carbocycles. The molecule has 1 atom stereocenters. The normalized spacial score (nSPS) is 23.4. The quantitative estimate of drug-likeness (QED) is 0.647. The molecular weight excluding hydrogens is 254 g/mol. The van der Waals surface area contributed by atoms with Crippen molar-refractivity contribution in [3.05, 3.63) is 0 Å². The maximum Gasteiger partial charge on any atom is 0.237 e. The van der Waals surface area contributed by atoms with Gasteiger partial charge in [0.25, 0.3) is 0 Å². The van der Waals surface area contributed by atoms with E-state index in [0.717, 1.165) is 13.0 Å². The molecule has 0 bridgehead atoms. The van der Waals surface area contributed by atoms with Crippen LogP contribution >= 0.6 is 0 Å². The minimum atomic E-state index is -2.82.